The first-order chi connectivity index (χ1) is 17.2. The van der Waals surface area contributed by atoms with E-state index in [2.05, 4.69) is 0 Å². The molecule has 0 N–H and O–H groups in total. The molecule has 1 aliphatic carbocycles. The van der Waals surface area contributed by atoms with Crippen molar-refractivity contribution in [2.24, 2.45) is 0 Å². The fourth-order valence-electron chi connectivity index (χ4n) is 6.17. The van der Waals surface area contributed by atoms with Gasteiger partial charge in [-0.25, -0.2) is 9.37 Å². The van der Waals surface area contributed by atoms with E-state index < -0.39 is 0 Å². The topological polar surface area (TPSA) is 72.3 Å². The number of carbonyl (C=O) groups is 2. The van der Waals surface area contributed by atoms with Crippen LogP contribution >= 0.6 is 0 Å². The van der Waals surface area contributed by atoms with Crippen LogP contribution in [0.1, 0.15) is 85.4 Å². The van der Waals surface area contributed by atoms with E-state index in [4.69, 9.17) is 4.98 Å². The number of rotatable bonds is 6. The smallest absolute Gasteiger partial charge is 0.254 e. The van der Waals surface area contributed by atoms with Crippen molar-refractivity contribution < 1.29 is 14.0 Å². The molecule has 0 spiro atoms. The number of aromatic nitrogens is 2. The van der Waals surface area contributed by atoms with Crippen LogP contribution in [-0.4, -0.2) is 33.7 Å². The summed E-state index contributed by atoms with van der Waals surface area (Å²) in [4.78, 5) is 44.8. The minimum Gasteiger partial charge on any atom is -0.339 e. The Morgan fingerprint density at radius 3 is 2.69 bits per heavy atom. The molecule has 6 nitrogen and oxygen atoms in total. The van der Waals surface area contributed by atoms with Gasteiger partial charge in [-0.2, -0.15) is 0 Å². The fourth-order valence-corrected chi connectivity index (χ4v) is 6.17. The van der Waals surface area contributed by atoms with Gasteiger partial charge in [-0.1, -0.05) is 20.3 Å². The van der Waals surface area contributed by atoms with Crippen LogP contribution in [0.2, 0.25) is 0 Å². The molecule has 2 aliphatic rings. The van der Waals surface area contributed by atoms with Gasteiger partial charge < -0.3 is 14.3 Å². The predicted octanol–water partition coefficient (Wildman–Crippen LogP) is 4.98. The summed E-state index contributed by atoms with van der Waals surface area (Å²) in [6.45, 7) is 7.67. The zero-order valence-corrected chi connectivity index (χ0v) is 21.6. The molecule has 5 rings (SSSR count). The number of halogens is 1. The maximum Gasteiger partial charge on any atom is 0.254 e. The molecule has 0 saturated carbocycles. The van der Waals surface area contributed by atoms with Gasteiger partial charge in [-0.05, 0) is 60.9 Å². The van der Waals surface area contributed by atoms with E-state index in [0.717, 1.165) is 40.3 Å². The molecule has 36 heavy (non-hydrogen) atoms. The Labute approximate surface area is 210 Å². The Hall–Kier alpha value is -3.35. The van der Waals surface area contributed by atoms with Crippen molar-refractivity contribution in [3.05, 3.63) is 61.7 Å². The van der Waals surface area contributed by atoms with Crippen molar-refractivity contribution in [3.8, 4) is 11.4 Å². The minimum absolute atomic E-state index is 0.0436. The zero-order valence-electron chi connectivity index (χ0n) is 21.6. The van der Waals surface area contributed by atoms with E-state index in [1.807, 2.05) is 19.9 Å². The van der Waals surface area contributed by atoms with Gasteiger partial charge in [0.05, 0.1) is 29.5 Å². The van der Waals surface area contributed by atoms with E-state index in [1.165, 1.54) is 6.07 Å². The molecule has 2 atom stereocenters. The summed E-state index contributed by atoms with van der Waals surface area (Å²) in [5.74, 6) is -0.704. The van der Waals surface area contributed by atoms with Gasteiger partial charge in [0, 0.05) is 42.5 Å². The molecule has 0 radical (unpaired) electrons. The lowest BCUT2D eigenvalue weighted by Gasteiger charge is -2.34. The number of amides is 1. The monoisotopic (exact) mass is 489 g/mol. The van der Waals surface area contributed by atoms with Gasteiger partial charge in [0.15, 0.2) is 0 Å². The maximum atomic E-state index is 14.9. The number of carbonyl (C=O) groups excluding carboxylic acids is 2. The van der Waals surface area contributed by atoms with Gasteiger partial charge in [0.25, 0.3) is 5.56 Å². The number of aryl methyl sites for hydroxylation is 1. The minimum atomic E-state index is -0.365. The van der Waals surface area contributed by atoms with Crippen LogP contribution in [0.5, 0.6) is 0 Å². The van der Waals surface area contributed by atoms with Crippen molar-refractivity contribution in [1.82, 2.24) is 14.5 Å². The molecule has 1 amide bonds. The maximum absolute atomic E-state index is 14.9. The third kappa shape index (κ3) is 3.43. The van der Waals surface area contributed by atoms with Gasteiger partial charge in [0.2, 0.25) is 5.91 Å². The van der Waals surface area contributed by atoms with E-state index in [0.29, 0.717) is 60.3 Å². The highest BCUT2D eigenvalue weighted by Gasteiger charge is 2.36. The lowest BCUT2D eigenvalue weighted by molar-refractivity contribution is -0.129. The van der Waals surface area contributed by atoms with E-state index in [1.54, 1.807) is 30.4 Å². The highest BCUT2D eigenvalue weighted by atomic mass is 19.1. The molecule has 1 aromatic carbocycles. The molecule has 1 aliphatic heterocycles. The quantitative estimate of drug-likeness (QED) is 0.358. The first-order valence-electron chi connectivity index (χ1n) is 12.8. The summed E-state index contributed by atoms with van der Waals surface area (Å²) >= 11 is 0. The lowest BCUT2D eigenvalue weighted by Crippen LogP contribution is -2.32. The Morgan fingerprint density at radius 1 is 1.31 bits per heavy atom. The SMILES string of the molecule is CCCc1c(C(C=O)CC)cc2n(c1=O)Cc1c-2nc2cc(F)c(C)c3c2c1C(N(C)C(C)=O)CC3. The second-order valence-corrected chi connectivity index (χ2v) is 10.1. The first kappa shape index (κ1) is 24.3. The van der Waals surface area contributed by atoms with Crippen LogP contribution in [-0.2, 0) is 29.0 Å². The summed E-state index contributed by atoms with van der Waals surface area (Å²) in [6.07, 6.45) is 4.25. The molecule has 0 fully saturated rings. The van der Waals surface area contributed by atoms with E-state index >= 15 is 0 Å². The standard InChI is InChI=1S/C29H32FN3O3/c1-6-8-19-20(17(7-2)14-34)11-25-28-21(13-33(25)29(19)36)27-24(32(5)16(4)35)10-9-18-15(3)22(30)12-23(31-28)26(18)27/h11-12,14,17,24H,6-10,13H2,1-5H3. The Kier molecular flexibility index (Phi) is 6.05. The number of hydrogen-bond acceptors (Lipinski definition) is 4. The molecule has 7 heteroatoms. The molecular formula is C29H32FN3O3. The number of benzene rings is 1. The largest absolute Gasteiger partial charge is 0.339 e. The van der Waals surface area contributed by atoms with Crippen molar-refractivity contribution in [2.75, 3.05) is 7.05 Å². The van der Waals surface area contributed by atoms with Crippen molar-refractivity contribution in [3.63, 3.8) is 0 Å². The third-order valence-electron chi connectivity index (χ3n) is 8.21. The first-order valence-corrected chi connectivity index (χ1v) is 12.8. The molecule has 2 aromatic heterocycles. The number of fused-ring (bicyclic) bond motifs is 4. The molecule has 2 unspecified atom stereocenters. The Bertz CT molecular complexity index is 1490. The van der Waals surface area contributed by atoms with Crippen LogP contribution in [0.25, 0.3) is 22.3 Å². The molecule has 188 valence electrons. The summed E-state index contributed by atoms with van der Waals surface area (Å²) in [5.41, 5.74) is 6.67. The van der Waals surface area contributed by atoms with Crippen molar-refractivity contribution in [2.45, 2.75) is 78.3 Å². The number of hydrogen-bond donors (Lipinski definition) is 0. The second kappa shape index (κ2) is 8.95. The second-order valence-electron chi connectivity index (χ2n) is 10.1. The lowest BCUT2D eigenvalue weighted by atomic mass is 9.81. The van der Waals surface area contributed by atoms with Crippen LogP contribution in [0, 0.1) is 12.7 Å². The molecule has 3 heterocycles. The summed E-state index contributed by atoms with van der Waals surface area (Å²) < 4.78 is 16.7. The van der Waals surface area contributed by atoms with Crippen LogP contribution in [0.4, 0.5) is 4.39 Å². The summed E-state index contributed by atoms with van der Waals surface area (Å²) in [7, 11) is 1.80. The third-order valence-corrected chi connectivity index (χ3v) is 8.21. The van der Waals surface area contributed by atoms with Crippen LogP contribution in [0.3, 0.4) is 0 Å². The zero-order chi connectivity index (χ0) is 25.9. The Morgan fingerprint density at radius 2 is 2.06 bits per heavy atom. The van der Waals surface area contributed by atoms with E-state index in [9.17, 15) is 18.8 Å². The fraction of sp³-hybridized carbons (Fsp3) is 0.448. The normalized spacial score (nSPS) is 16.6. The summed E-state index contributed by atoms with van der Waals surface area (Å²) in [5, 5.41) is 0.909. The number of nitrogens with zero attached hydrogens (tertiary/aromatic N) is 3. The molecule has 0 saturated heterocycles. The predicted molar refractivity (Wildman–Crippen MR) is 138 cm³/mol. The average molecular weight is 490 g/mol. The molecule has 0 bridgehead atoms. The number of aldehydes is 1. The summed E-state index contributed by atoms with van der Waals surface area (Å²) in [6, 6.07) is 3.24. The Balaban J connectivity index is 1.86. The highest BCUT2D eigenvalue weighted by molar-refractivity contribution is 5.93. The van der Waals surface area contributed by atoms with Gasteiger partial charge in [-0.3, -0.25) is 9.59 Å². The number of pyridine rings is 2. The van der Waals surface area contributed by atoms with Gasteiger partial charge in [0.1, 0.15) is 12.1 Å². The molecule has 3 aromatic rings. The van der Waals surface area contributed by atoms with Crippen molar-refractivity contribution >= 4 is 23.1 Å². The van der Waals surface area contributed by atoms with Crippen LogP contribution < -0.4 is 5.56 Å². The highest BCUT2D eigenvalue weighted by Crippen LogP contribution is 2.46. The molecular weight excluding hydrogens is 457 g/mol. The van der Waals surface area contributed by atoms with Gasteiger partial charge >= 0.3 is 0 Å². The average Bonchev–Trinajstić information content (AvgIpc) is 3.23. The van der Waals surface area contributed by atoms with Gasteiger partial charge in [-0.15, -0.1) is 0 Å². The van der Waals surface area contributed by atoms with Crippen LogP contribution in [0.15, 0.2) is 16.9 Å². The van der Waals surface area contributed by atoms with Crippen molar-refractivity contribution in [1.29, 1.82) is 0 Å². The van der Waals surface area contributed by atoms with E-state index in [-0.39, 0.29) is 29.2 Å².